The topological polar surface area (TPSA) is 42.0 Å². The van der Waals surface area contributed by atoms with Crippen LogP contribution in [-0.4, -0.2) is 55.2 Å². The number of rotatable bonds is 6. The largest absolute Gasteiger partial charge is 0.494 e. The summed E-state index contributed by atoms with van der Waals surface area (Å²) in [5.41, 5.74) is 1.00. The van der Waals surface area contributed by atoms with Gasteiger partial charge in [-0.05, 0) is 41.9 Å². The Hall–Kier alpha value is -3.05. The molecule has 0 aliphatic carbocycles. The van der Waals surface area contributed by atoms with Crippen LogP contribution in [0.2, 0.25) is 0 Å². The molecule has 0 radical (unpaired) electrons. The molecule has 1 amide bonds. The van der Waals surface area contributed by atoms with E-state index in [2.05, 4.69) is 36.2 Å². The van der Waals surface area contributed by atoms with Crippen molar-refractivity contribution < 1.29 is 14.3 Å². The summed E-state index contributed by atoms with van der Waals surface area (Å²) in [6, 6.07) is 24.5. The maximum atomic E-state index is 12.5. The average Bonchev–Trinajstić information content (AvgIpc) is 2.79. The molecule has 5 heteroatoms. The Balaban J connectivity index is 1.27. The smallest absolute Gasteiger partial charge is 0.410 e. The van der Waals surface area contributed by atoms with Gasteiger partial charge in [0.1, 0.15) is 12.4 Å². The number of piperazine rings is 1. The average molecular weight is 405 g/mol. The van der Waals surface area contributed by atoms with Gasteiger partial charge in [0, 0.05) is 25.7 Å². The summed E-state index contributed by atoms with van der Waals surface area (Å²) in [6.07, 6.45) is 0.610. The van der Waals surface area contributed by atoms with E-state index in [4.69, 9.17) is 9.47 Å². The Morgan fingerprint density at radius 3 is 2.57 bits per heavy atom. The van der Waals surface area contributed by atoms with Crippen LogP contribution in [0.1, 0.15) is 12.0 Å². The van der Waals surface area contributed by atoms with Crippen molar-refractivity contribution in [3.05, 3.63) is 78.4 Å². The molecule has 0 N–H and O–H groups in total. The molecule has 1 atom stereocenters. The van der Waals surface area contributed by atoms with Gasteiger partial charge in [-0.1, -0.05) is 60.7 Å². The van der Waals surface area contributed by atoms with Crippen LogP contribution in [0, 0.1) is 0 Å². The Kier molecular flexibility index (Phi) is 6.50. The van der Waals surface area contributed by atoms with E-state index < -0.39 is 0 Å². The van der Waals surface area contributed by atoms with E-state index in [0.29, 0.717) is 26.3 Å². The predicted octanol–water partition coefficient (Wildman–Crippen LogP) is 4.56. The molecule has 1 saturated heterocycles. The fourth-order valence-electron chi connectivity index (χ4n) is 3.80. The number of carbonyl (C=O) groups is 1. The molecular formula is C25H28N2O3. The lowest BCUT2D eigenvalue weighted by Crippen LogP contribution is -2.53. The van der Waals surface area contributed by atoms with Gasteiger partial charge in [0.05, 0.1) is 6.61 Å². The van der Waals surface area contributed by atoms with E-state index in [-0.39, 0.29) is 12.1 Å². The summed E-state index contributed by atoms with van der Waals surface area (Å²) in [5.74, 6) is 0.881. The zero-order valence-electron chi connectivity index (χ0n) is 17.4. The zero-order chi connectivity index (χ0) is 20.8. The number of benzene rings is 3. The monoisotopic (exact) mass is 404 g/mol. The van der Waals surface area contributed by atoms with Crippen molar-refractivity contribution in [1.29, 1.82) is 0 Å². The number of nitrogens with zero attached hydrogens (tertiary/aromatic N) is 2. The van der Waals surface area contributed by atoms with Crippen LogP contribution < -0.4 is 4.74 Å². The lowest BCUT2D eigenvalue weighted by molar-refractivity contribution is 0.0508. The van der Waals surface area contributed by atoms with Gasteiger partial charge in [-0.15, -0.1) is 0 Å². The predicted molar refractivity (Wildman–Crippen MR) is 119 cm³/mol. The van der Waals surface area contributed by atoms with Gasteiger partial charge in [-0.25, -0.2) is 4.79 Å². The maximum absolute atomic E-state index is 12.5. The van der Waals surface area contributed by atoms with Crippen molar-refractivity contribution >= 4 is 16.9 Å². The minimum atomic E-state index is -0.243. The molecule has 0 unspecified atom stereocenters. The van der Waals surface area contributed by atoms with Gasteiger partial charge in [0.2, 0.25) is 0 Å². The summed E-state index contributed by atoms with van der Waals surface area (Å²) in [7, 11) is 2.10. The van der Waals surface area contributed by atoms with Crippen molar-refractivity contribution in [2.75, 3.05) is 33.3 Å². The molecule has 1 heterocycles. The van der Waals surface area contributed by atoms with Crippen LogP contribution in [0.25, 0.3) is 10.8 Å². The molecule has 1 fully saturated rings. The van der Waals surface area contributed by atoms with Crippen LogP contribution in [0.3, 0.4) is 0 Å². The van der Waals surface area contributed by atoms with Gasteiger partial charge in [-0.3, -0.25) is 4.90 Å². The molecule has 0 aromatic heterocycles. The third kappa shape index (κ3) is 5.10. The van der Waals surface area contributed by atoms with Crippen molar-refractivity contribution in [3.63, 3.8) is 0 Å². The summed E-state index contributed by atoms with van der Waals surface area (Å²) in [4.78, 5) is 16.6. The molecule has 156 valence electrons. The highest BCUT2D eigenvalue weighted by Crippen LogP contribution is 2.21. The van der Waals surface area contributed by atoms with E-state index in [0.717, 1.165) is 24.3 Å². The van der Waals surface area contributed by atoms with Crippen molar-refractivity contribution in [2.45, 2.75) is 19.1 Å². The summed E-state index contributed by atoms with van der Waals surface area (Å²) < 4.78 is 11.5. The van der Waals surface area contributed by atoms with Crippen LogP contribution in [0.4, 0.5) is 4.79 Å². The summed E-state index contributed by atoms with van der Waals surface area (Å²) >= 11 is 0. The molecule has 5 nitrogen and oxygen atoms in total. The van der Waals surface area contributed by atoms with Gasteiger partial charge in [0.25, 0.3) is 0 Å². The number of likely N-dealkylation sites (N-methyl/N-ethyl adjacent to an activating group) is 1. The minimum Gasteiger partial charge on any atom is -0.494 e. The van der Waals surface area contributed by atoms with Crippen molar-refractivity contribution in [2.24, 2.45) is 0 Å². The second-order valence-corrected chi connectivity index (χ2v) is 7.77. The Morgan fingerprint density at radius 1 is 0.967 bits per heavy atom. The second-order valence-electron chi connectivity index (χ2n) is 7.77. The molecule has 3 aromatic carbocycles. The molecule has 0 spiro atoms. The van der Waals surface area contributed by atoms with E-state index in [1.807, 2.05) is 53.4 Å². The van der Waals surface area contributed by atoms with Gasteiger partial charge >= 0.3 is 6.09 Å². The molecule has 0 saturated carbocycles. The van der Waals surface area contributed by atoms with Crippen molar-refractivity contribution in [1.82, 2.24) is 9.80 Å². The van der Waals surface area contributed by atoms with E-state index in [1.54, 1.807) is 0 Å². The highest BCUT2D eigenvalue weighted by atomic mass is 16.6. The van der Waals surface area contributed by atoms with Gasteiger partial charge in [0.15, 0.2) is 0 Å². The fourth-order valence-corrected chi connectivity index (χ4v) is 3.80. The third-order valence-corrected chi connectivity index (χ3v) is 5.68. The molecule has 3 aromatic rings. The number of carbonyl (C=O) groups excluding carboxylic acids is 1. The normalized spacial score (nSPS) is 17.1. The lowest BCUT2D eigenvalue weighted by Gasteiger charge is -2.38. The first kappa shape index (κ1) is 20.2. The highest BCUT2D eigenvalue weighted by molar-refractivity contribution is 5.83. The van der Waals surface area contributed by atoms with Gasteiger partial charge < -0.3 is 14.4 Å². The standard InChI is InChI=1S/C25H28N2O3/c1-26-14-15-27(25(28)30-19-20-7-3-2-4-8-20)18-23(26)13-16-29-24-12-11-21-9-5-6-10-22(21)17-24/h2-12,17,23H,13-16,18-19H2,1H3/t23-/m1/s1. The van der Waals surface area contributed by atoms with Crippen molar-refractivity contribution in [3.8, 4) is 5.75 Å². The first-order valence-corrected chi connectivity index (χ1v) is 10.5. The van der Waals surface area contributed by atoms with Gasteiger partial charge in [-0.2, -0.15) is 0 Å². The molecule has 0 bridgehead atoms. The first-order valence-electron chi connectivity index (χ1n) is 10.5. The highest BCUT2D eigenvalue weighted by Gasteiger charge is 2.28. The number of fused-ring (bicyclic) bond motifs is 1. The third-order valence-electron chi connectivity index (χ3n) is 5.68. The number of ether oxygens (including phenoxy) is 2. The summed E-state index contributed by atoms with van der Waals surface area (Å²) in [6.45, 7) is 3.10. The SMILES string of the molecule is CN1CCN(C(=O)OCc2ccccc2)C[C@H]1CCOc1ccc2ccccc2c1. The van der Waals surface area contributed by atoms with E-state index in [1.165, 1.54) is 10.8 Å². The minimum absolute atomic E-state index is 0.243. The Bertz CT molecular complexity index is 976. The van der Waals surface area contributed by atoms with Crippen LogP contribution >= 0.6 is 0 Å². The molecular weight excluding hydrogens is 376 g/mol. The number of hydrogen-bond acceptors (Lipinski definition) is 4. The second kappa shape index (κ2) is 9.63. The molecule has 30 heavy (non-hydrogen) atoms. The number of hydrogen-bond donors (Lipinski definition) is 0. The van der Waals surface area contributed by atoms with E-state index in [9.17, 15) is 4.79 Å². The first-order chi connectivity index (χ1) is 14.7. The van der Waals surface area contributed by atoms with E-state index >= 15 is 0 Å². The molecule has 1 aliphatic rings. The van der Waals surface area contributed by atoms with Crippen LogP contribution in [-0.2, 0) is 11.3 Å². The molecule has 4 rings (SSSR count). The van der Waals surface area contributed by atoms with Crippen LogP contribution in [0.5, 0.6) is 5.75 Å². The Labute approximate surface area is 177 Å². The summed E-state index contributed by atoms with van der Waals surface area (Å²) in [5, 5.41) is 2.39. The maximum Gasteiger partial charge on any atom is 0.410 e. The zero-order valence-corrected chi connectivity index (χ0v) is 17.4. The Morgan fingerprint density at radius 2 is 1.73 bits per heavy atom. The number of amides is 1. The van der Waals surface area contributed by atoms with Crippen LogP contribution in [0.15, 0.2) is 72.8 Å². The quantitative estimate of drug-likeness (QED) is 0.604. The fraction of sp³-hybridized carbons (Fsp3) is 0.320. The lowest BCUT2D eigenvalue weighted by atomic mass is 10.1. The molecule has 1 aliphatic heterocycles.